The van der Waals surface area contributed by atoms with Gasteiger partial charge in [0.25, 0.3) is 0 Å². The lowest BCUT2D eigenvalue weighted by molar-refractivity contribution is 0.224. The zero-order valence-corrected chi connectivity index (χ0v) is 11.7. The smallest absolute Gasteiger partial charge is 0.113 e. The van der Waals surface area contributed by atoms with E-state index in [2.05, 4.69) is 15.9 Å². The van der Waals surface area contributed by atoms with Gasteiger partial charge in [-0.1, -0.05) is 41.4 Å². The molecule has 1 aromatic carbocycles. The zero-order valence-electron chi connectivity index (χ0n) is 8.58. The first kappa shape index (κ1) is 12.1. The number of rotatable bonds is 2. The second kappa shape index (κ2) is 4.88. The third-order valence-corrected chi connectivity index (χ3v) is 4.82. The van der Waals surface area contributed by atoms with Crippen molar-refractivity contribution in [3.63, 3.8) is 0 Å². The molecule has 1 aromatic heterocycles. The Labute approximate surface area is 112 Å². The predicted molar refractivity (Wildman–Crippen MR) is 72.3 cm³/mol. The Balaban J connectivity index is 2.35. The SMILES string of the molecule is Cc1cccc(C(O)c2cc(Cl)c(Br)s2)c1. The predicted octanol–water partition coefficient (Wildman–Crippen LogP) is 4.55. The maximum atomic E-state index is 10.2. The van der Waals surface area contributed by atoms with Gasteiger partial charge >= 0.3 is 0 Å². The maximum absolute atomic E-state index is 10.2. The van der Waals surface area contributed by atoms with Gasteiger partial charge in [0.1, 0.15) is 6.10 Å². The van der Waals surface area contributed by atoms with Gasteiger partial charge in [0.2, 0.25) is 0 Å². The molecule has 16 heavy (non-hydrogen) atoms. The van der Waals surface area contributed by atoms with E-state index in [0.29, 0.717) is 5.02 Å². The molecule has 0 amide bonds. The summed E-state index contributed by atoms with van der Waals surface area (Å²) in [6.07, 6.45) is -0.603. The molecule has 0 radical (unpaired) electrons. The Morgan fingerprint density at radius 3 is 2.69 bits per heavy atom. The topological polar surface area (TPSA) is 20.2 Å². The molecule has 0 fully saturated rings. The van der Waals surface area contributed by atoms with Gasteiger partial charge in [-0.05, 0) is 34.5 Å². The quantitative estimate of drug-likeness (QED) is 0.861. The number of aryl methyl sites for hydroxylation is 1. The molecule has 0 spiro atoms. The molecule has 0 aliphatic rings. The summed E-state index contributed by atoms with van der Waals surface area (Å²) in [5.41, 5.74) is 2.03. The van der Waals surface area contributed by atoms with E-state index in [1.54, 1.807) is 6.07 Å². The van der Waals surface area contributed by atoms with Crippen molar-refractivity contribution < 1.29 is 5.11 Å². The van der Waals surface area contributed by atoms with E-state index >= 15 is 0 Å². The molecule has 1 nitrogen and oxygen atoms in total. The minimum absolute atomic E-state index is 0.603. The first-order valence-corrected chi connectivity index (χ1v) is 6.76. The van der Waals surface area contributed by atoms with E-state index in [0.717, 1.165) is 19.8 Å². The second-order valence-electron chi connectivity index (χ2n) is 3.59. The molecule has 1 unspecified atom stereocenters. The molecule has 1 atom stereocenters. The lowest BCUT2D eigenvalue weighted by Crippen LogP contribution is -1.96. The minimum Gasteiger partial charge on any atom is -0.383 e. The van der Waals surface area contributed by atoms with Crippen LogP contribution >= 0.6 is 38.9 Å². The Morgan fingerprint density at radius 2 is 2.12 bits per heavy atom. The van der Waals surface area contributed by atoms with Gasteiger partial charge < -0.3 is 5.11 Å². The average molecular weight is 318 g/mol. The van der Waals surface area contributed by atoms with Crippen LogP contribution in [0.2, 0.25) is 5.02 Å². The van der Waals surface area contributed by atoms with Crippen LogP contribution in [0.4, 0.5) is 0 Å². The van der Waals surface area contributed by atoms with E-state index in [-0.39, 0.29) is 0 Å². The van der Waals surface area contributed by atoms with Crippen LogP contribution in [0.3, 0.4) is 0 Å². The molecular weight excluding hydrogens is 308 g/mol. The van der Waals surface area contributed by atoms with Crippen LogP contribution in [0.1, 0.15) is 22.1 Å². The van der Waals surface area contributed by atoms with E-state index in [1.165, 1.54) is 11.3 Å². The van der Waals surface area contributed by atoms with Crippen LogP contribution in [-0.4, -0.2) is 5.11 Å². The third kappa shape index (κ3) is 2.48. The van der Waals surface area contributed by atoms with Crippen molar-refractivity contribution in [3.8, 4) is 0 Å². The molecule has 2 rings (SSSR count). The fourth-order valence-electron chi connectivity index (χ4n) is 1.50. The summed E-state index contributed by atoms with van der Waals surface area (Å²) in [4.78, 5) is 0.850. The zero-order chi connectivity index (χ0) is 11.7. The molecule has 0 bridgehead atoms. The summed E-state index contributed by atoms with van der Waals surface area (Å²) in [6.45, 7) is 2.01. The molecule has 0 aliphatic carbocycles. The minimum atomic E-state index is -0.603. The second-order valence-corrected chi connectivity index (χ2v) is 6.40. The van der Waals surface area contributed by atoms with Gasteiger partial charge in [0.15, 0.2) is 0 Å². The van der Waals surface area contributed by atoms with Crippen LogP contribution in [-0.2, 0) is 0 Å². The normalized spacial score (nSPS) is 12.8. The van der Waals surface area contributed by atoms with Crippen molar-refractivity contribution in [2.45, 2.75) is 13.0 Å². The molecule has 0 aliphatic heterocycles. The first-order chi connectivity index (χ1) is 7.58. The number of hydrogen-bond donors (Lipinski definition) is 1. The molecule has 4 heteroatoms. The van der Waals surface area contributed by atoms with Crippen molar-refractivity contribution in [2.75, 3.05) is 0 Å². The van der Waals surface area contributed by atoms with Crippen molar-refractivity contribution >= 4 is 38.9 Å². The Morgan fingerprint density at radius 1 is 1.38 bits per heavy atom. The van der Waals surface area contributed by atoms with Crippen molar-refractivity contribution in [1.29, 1.82) is 0 Å². The Hall–Kier alpha value is -0.350. The molecule has 1 N–H and O–H groups in total. The largest absolute Gasteiger partial charge is 0.383 e. The van der Waals surface area contributed by atoms with Crippen LogP contribution in [0.5, 0.6) is 0 Å². The fraction of sp³-hybridized carbons (Fsp3) is 0.167. The number of halogens is 2. The van der Waals surface area contributed by atoms with Crippen molar-refractivity contribution in [1.82, 2.24) is 0 Å². The molecule has 2 aromatic rings. The van der Waals surface area contributed by atoms with Gasteiger partial charge in [-0.2, -0.15) is 0 Å². The highest BCUT2D eigenvalue weighted by molar-refractivity contribution is 9.11. The highest BCUT2D eigenvalue weighted by Gasteiger charge is 2.15. The van der Waals surface area contributed by atoms with E-state index in [4.69, 9.17) is 11.6 Å². The van der Waals surface area contributed by atoms with Crippen LogP contribution in [0.15, 0.2) is 34.1 Å². The standard InChI is InChI=1S/C12H10BrClOS/c1-7-3-2-4-8(5-7)11(15)10-6-9(14)12(13)16-10/h2-6,11,15H,1H3. The van der Waals surface area contributed by atoms with Gasteiger partial charge in [-0.25, -0.2) is 0 Å². The van der Waals surface area contributed by atoms with Gasteiger partial charge in [0, 0.05) is 4.88 Å². The van der Waals surface area contributed by atoms with E-state index in [1.807, 2.05) is 31.2 Å². The molecular formula is C12H10BrClOS. The lowest BCUT2D eigenvalue weighted by atomic mass is 10.1. The summed E-state index contributed by atoms with van der Waals surface area (Å²) in [5, 5.41) is 10.8. The number of benzene rings is 1. The van der Waals surface area contributed by atoms with Gasteiger partial charge in [-0.3, -0.25) is 0 Å². The van der Waals surface area contributed by atoms with Crippen LogP contribution < -0.4 is 0 Å². The third-order valence-electron chi connectivity index (χ3n) is 2.29. The molecule has 84 valence electrons. The number of thiophene rings is 1. The van der Waals surface area contributed by atoms with Crippen molar-refractivity contribution in [2.24, 2.45) is 0 Å². The molecule has 0 saturated heterocycles. The average Bonchev–Trinajstić information content (AvgIpc) is 2.58. The Bertz CT molecular complexity index is 490. The summed E-state index contributed by atoms with van der Waals surface area (Å²) in [6, 6.07) is 9.64. The summed E-state index contributed by atoms with van der Waals surface area (Å²) < 4.78 is 0.857. The van der Waals surface area contributed by atoms with Crippen molar-refractivity contribution in [3.05, 3.63) is 55.1 Å². The highest BCUT2D eigenvalue weighted by atomic mass is 79.9. The maximum Gasteiger partial charge on any atom is 0.113 e. The number of hydrogen-bond acceptors (Lipinski definition) is 2. The molecule has 1 heterocycles. The van der Waals surface area contributed by atoms with Crippen LogP contribution in [0.25, 0.3) is 0 Å². The monoisotopic (exact) mass is 316 g/mol. The summed E-state index contributed by atoms with van der Waals surface area (Å²) >= 11 is 10.7. The van der Waals surface area contributed by atoms with Gasteiger partial charge in [-0.15, -0.1) is 11.3 Å². The summed E-state index contributed by atoms with van der Waals surface area (Å²) in [7, 11) is 0. The first-order valence-electron chi connectivity index (χ1n) is 4.77. The summed E-state index contributed by atoms with van der Waals surface area (Å²) in [5.74, 6) is 0. The Kier molecular flexibility index (Phi) is 3.70. The van der Waals surface area contributed by atoms with Gasteiger partial charge in [0.05, 0.1) is 8.81 Å². The fourth-order valence-corrected chi connectivity index (χ4v) is 3.26. The van der Waals surface area contributed by atoms with Crippen LogP contribution in [0, 0.1) is 6.92 Å². The van der Waals surface area contributed by atoms with E-state index < -0.39 is 6.10 Å². The lowest BCUT2D eigenvalue weighted by Gasteiger charge is -2.09. The highest BCUT2D eigenvalue weighted by Crippen LogP contribution is 2.37. The van der Waals surface area contributed by atoms with E-state index in [9.17, 15) is 5.11 Å². The number of aliphatic hydroxyl groups excluding tert-OH is 1. The molecule has 0 saturated carbocycles. The number of aliphatic hydroxyl groups is 1.